The van der Waals surface area contributed by atoms with Gasteiger partial charge in [-0.15, -0.1) is 0 Å². The fourth-order valence-corrected chi connectivity index (χ4v) is 1.38. The Morgan fingerprint density at radius 3 is 2.81 bits per heavy atom. The molecule has 16 heavy (non-hydrogen) atoms. The summed E-state index contributed by atoms with van der Waals surface area (Å²) in [4.78, 5) is 18.4. The second kappa shape index (κ2) is 5.12. The highest BCUT2D eigenvalue weighted by atomic mass is 35.5. The Morgan fingerprint density at radius 1 is 1.56 bits per heavy atom. The number of nitrogens with one attached hydrogen (secondary N) is 1. The molecule has 88 valence electrons. The van der Waals surface area contributed by atoms with E-state index in [-0.39, 0.29) is 12.0 Å². The Kier molecular flexibility index (Phi) is 4.06. The molecule has 0 spiro atoms. The second-order valence-corrected chi connectivity index (χ2v) is 4.52. The van der Waals surface area contributed by atoms with Crippen LogP contribution in [0, 0.1) is 0 Å². The average molecular weight is 244 g/mol. The number of aliphatic carboxylic acids is 1. The van der Waals surface area contributed by atoms with Crippen LogP contribution in [0.15, 0.2) is 12.4 Å². The predicted octanol–water partition coefficient (Wildman–Crippen LogP) is 2.19. The van der Waals surface area contributed by atoms with Crippen LogP contribution in [0.25, 0.3) is 0 Å². The predicted molar refractivity (Wildman–Crippen MR) is 61.6 cm³/mol. The Balaban J connectivity index is 2.61. The zero-order valence-electron chi connectivity index (χ0n) is 9.20. The number of carboxylic acids is 1. The van der Waals surface area contributed by atoms with Gasteiger partial charge >= 0.3 is 5.97 Å². The fraction of sp³-hybridized carbons (Fsp3) is 0.500. The summed E-state index contributed by atoms with van der Waals surface area (Å²) in [6.07, 6.45) is 3.59. The van der Waals surface area contributed by atoms with E-state index in [1.54, 1.807) is 6.20 Å². The van der Waals surface area contributed by atoms with Gasteiger partial charge in [0.15, 0.2) is 0 Å². The Hall–Kier alpha value is -1.36. The topological polar surface area (TPSA) is 75.1 Å². The molecule has 0 aliphatic rings. The van der Waals surface area contributed by atoms with Gasteiger partial charge in [-0.1, -0.05) is 11.6 Å². The molecule has 0 aliphatic heterocycles. The summed E-state index contributed by atoms with van der Waals surface area (Å²) in [5.41, 5.74) is -0.363. The fourth-order valence-electron chi connectivity index (χ4n) is 1.23. The van der Waals surface area contributed by atoms with E-state index in [0.717, 1.165) is 0 Å². The van der Waals surface area contributed by atoms with E-state index < -0.39 is 5.97 Å². The molecule has 0 saturated heterocycles. The molecule has 6 heteroatoms. The Labute approximate surface area is 98.9 Å². The van der Waals surface area contributed by atoms with Crippen molar-refractivity contribution in [2.75, 3.05) is 5.32 Å². The maximum Gasteiger partial charge on any atom is 0.303 e. The zero-order chi connectivity index (χ0) is 12.2. The quantitative estimate of drug-likeness (QED) is 0.829. The van der Waals surface area contributed by atoms with Crippen LogP contribution in [0.2, 0.25) is 5.15 Å². The number of carboxylic acid groups (broad SMARTS) is 1. The van der Waals surface area contributed by atoms with Crippen LogP contribution in [0.1, 0.15) is 26.7 Å². The third kappa shape index (κ3) is 4.44. The first-order valence-corrected chi connectivity index (χ1v) is 5.24. The summed E-state index contributed by atoms with van der Waals surface area (Å²) < 4.78 is 0. The van der Waals surface area contributed by atoms with Crippen LogP contribution in [0.5, 0.6) is 0 Å². The molecular formula is C10H14ClN3O2. The molecule has 2 N–H and O–H groups in total. The van der Waals surface area contributed by atoms with Crippen molar-refractivity contribution < 1.29 is 9.90 Å². The van der Waals surface area contributed by atoms with Gasteiger partial charge in [0, 0.05) is 12.0 Å². The number of hydrogen-bond acceptors (Lipinski definition) is 4. The van der Waals surface area contributed by atoms with E-state index in [1.165, 1.54) is 6.20 Å². The van der Waals surface area contributed by atoms with Gasteiger partial charge in [-0.3, -0.25) is 9.78 Å². The van der Waals surface area contributed by atoms with Crippen LogP contribution in [0.3, 0.4) is 0 Å². The van der Waals surface area contributed by atoms with E-state index in [2.05, 4.69) is 15.3 Å². The zero-order valence-corrected chi connectivity index (χ0v) is 9.95. The first kappa shape index (κ1) is 12.7. The van der Waals surface area contributed by atoms with E-state index >= 15 is 0 Å². The van der Waals surface area contributed by atoms with Crippen LogP contribution < -0.4 is 5.32 Å². The SMILES string of the molecule is CC(C)(CCC(=O)O)Nc1cncc(Cl)n1. The summed E-state index contributed by atoms with van der Waals surface area (Å²) in [6.45, 7) is 3.80. The molecule has 1 heterocycles. The first-order valence-electron chi connectivity index (χ1n) is 4.86. The molecule has 0 atom stereocenters. The van der Waals surface area contributed by atoms with Crippen LogP contribution in [-0.4, -0.2) is 26.6 Å². The Bertz CT molecular complexity index is 382. The van der Waals surface area contributed by atoms with E-state index in [4.69, 9.17) is 16.7 Å². The van der Waals surface area contributed by atoms with Gasteiger partial charge in [-0.05, 0) is 20.3 Å². The lowest BCUT2D eigenvalue weighted by atomic mass is 9.98. The van der Waals surface area contributed by atoms with E-state index in [9.17, 15) is 4.79 Å². The third-order valence-electron chi connectivity index (χ3n) is 2.04. The lowest BCUT2D eigenvalue weighted by Crippen LogP contribution is -2.32. The minimum Gasteiger partial charge on any atom is -0.481 e. The van der Waals surface area contributed by atoms with Gasteiger partial charge in [-0.2, -0.15) is 0 Å². The van der Waals surface area contributed by atoms with Crippen molar-refractivity contribution in [1.82, 2.24) is 9.97 Å². The summed E-state index contributed by atoms with van der Waals surface area (Å²) in [7, 11) is 0. The van der Waals surface area contributed by atoms with Gasteiger partial charge in [0.2, 0.25) is 0 Å². The van der Waals surface area contributed by atoms with Crippen molar-refractivity contribution in [3.63, 3.8) is 0 Å². The highest BCUT2D eigenvalue weighted by Gasteiger charge is 2.19. The van der Waals surface area contributed by atoms with Gasteiger partial charge in [0.05, 0.1) is 12.4 Å². The lowest BCUT2D eigenvalue weighted by Gasteiger charge is -2.26. The van der Waals surface area contributed by atoms with Crippen LogP contribution in [-0.2, 0) is 4.79 Å². The highest BCUT2D eigenvalue weighted by molar-refractivity contribution is 6.29. The van der Waals surface area contributed by atoms with Crippen molar-refractivity contribution in [2.45, 2.75) is 32.2 Å². The monoisotopic (exact) mass is 243 g/mol. The maximum absolute atomic E-state index is 10.5. The molecule has 5 nitrogen and oxygen atoms in total. The number of rotatable bonds is 5. The van der Waals surface area contributed by atoms with Crippen molar-refractivity contribution in [3.05, 3.63) is 17.5 Å². The number of anilines is 1. The number of carbonyl (C=O) groups is 1. The summed E-state index contributed by atoms with van der Waals surface area (Å²) in [5.74, 6) is -0.269. The standard InChI is InChI=1S/C10H14ClN3O2/c1-10(2,4-3-9(15)16)14-8-6-12-5-7(11)13-8/h5-6H,3-4H2,1-2H3,(H,13,14)(H,15,16). The summed E-state index contributed by atoms with van der Waals surface area (Å²) >= 11 is 5.69. The first-order chi connectivity index (χ1) is 7.39. The third-order valence-corrected chi connectivity index (χ3v) is 2.22. The van der Waals surface area contributed by atoms with Gasteiger partial charge in [0.1, 0.15) is 11.0 Å². The minimum atomic E-state index is -0.813. The van der Waals surface area contributed by atoms with Gasteiger partial charge in [-0.25, -0.2) is 4.98 Å². The molecule has 0 bridgehead atoms. The number of hydrogen-bond donors (Lipinski definition) is 2. The molecule has 0 unspecified atom stereocenters. The lowest BCUT2D eigenvalue weighted by molar-refractivity contribution is -0.137. The van der Waals surface area contributed by atoms with E-state index in [0.29, 0.717) is 17.4 Å². The number of halogens is 1. The smallest absolute Gasteiger partial charge is 0.303 e. The minimum absolute atomic E-state index is 0.105. The van der Waals surface area contributed by atoms with Crippen molar-refractivity contribution in [2.24, 2.45) is 0 Å². The normalized spacial score (nSPS) is 11.2. The van der Waals surface area contributed by atoms with Gasteiger partial charge < -0.3 is 10.4 Å². The maximum atomic E-state index is 10.5. The summed E-state index contributed by atoms with van der Waals surface area (Å²) in [5, 5.41) is 12.0. The number of nitrogens with zero attached hydrogens (tertiary/aromatic N) is 2. The molecule has 1 aromatic heterocycles. The number of aromatic nitrogens is 2. The van der Waals surface area contributed by atoms with Crippen LogP contribution >= 0.6 is 11.6 Å². The molecule has 0 saturated carbocycles. The molecule has 0 aliphatic carbocycles. The van der Waals surface area contributed by atoms with Gasteiger partial charge in [0.25, 0.3) is 0 Å². The molecule has 0 fully saturated rings. The largest absolute Gasteiger partial charge is 0.481 e. The average Bonchev–Trinajstić information content (AvgIpc) is 2.14. The van der Waals surface area contributed by atoms with E-state index in [1.807, 2.05) is 13.8 Å². The highest BCUT2D eigenvalue weighted by Crippen LogP contribution is 2.18. The van der Waals surface area contributed by atoms with Crippen molar-refractivity contribution >= 4 is 23.4 Å². The summed E-state index contributed by atoms with van der Waals surface area (Å²) in [6, 6.07) is 0. The molecule has 1 aromatic rings. The molecular weight excluding hydrogens is 230 g/mol. The molecule has 0 aromatic carbocycles. The van der Waals surface area contributed by atoms with Crippen LogP contribution in [0.4, 0.5) is 5.82 Å². The molecule has 1 rings (SSSR count). The molecule has 0 radical (unpaired) electrons. The van der Waals surface area contributed by atoms with Crippen molar-refractivity contribution in [3.8, 4) is 0 Å². The molecule has 0 amide bonds. The van der Waals surface area contributed by atoms with Crippen molar-refractivity contribution in [1.29, 1.82) is 0 Å². The second-order valence-electron chi connectivity index (χ2n) is 4.13. The Morgan fingerprint density at radius 2 is 2.25 bits per heavy atom.